The minimum atomic E-state index is -0.596. The molecule has 1 spiro atoms. The molecule has 0 saturated carbocycles. The van der Waals surface area contributed by atoms with Gasteiger partial charge in [0.2, 0.25) is 5.82 Å². The number of hydrogen-bond acceptors (Lipinski definition) is 9. The Morgan fingerprint density at radius 2 is 1.76 bits per heavy atom. The molecule has 236 valence electrons. The van der Waals surface area contributed by atoms with Crippen LogP contribution in [0.5, 0.6) is 0 Å². The van der Waals surface area contributed by atoms with Gasteiger partial charge in [0, 0.05) is 50.1 Å². The van der Waals surface area contributed by atoms with Crippen molar-refractivity contribution in [3.05, 3.63) is 82.9 Å². The number of ether oxygens (including phenoxy) is 1. The van der Waals surface area contributed by atoms with Gasteiger partial charge in [0.1, 0.15) is 11.9 Å². The summed E-state index contributed by atoms with van der Waals surface area (Å²) >= 11 is 0. The highest BCUT2D eigenvalue weighted by Crippen LogP contribution is 2.41. The molecule has 1 aromatic carbocycles. The summed E-state index contributed by atoms with van der Waals surface area (Å²) in [6.45, 7) is 10.8. The van der Waals surface area contributed by atoms with E-state index in [0.717, 1.165) is 50.1 Å². The molecule has 0 aliphatic carbocycles. The van der Waals surface area contributed by atoms with Crippen molar-refractivity contribution >= 4 is 29.0 Å². The molecule has 3 aliphatic heterocycles. The number of pyridine rings is 2. The largest absolute Gasteiger partial charge is 0.461 e. The number of anilines is 2. The molecule has 0 bridgehead atoms. The van der Waals surface area contributed by atoms with Gasteiger partial charge in [-0.3, -0.25) is 4.79 Å². The Hall–Kier alpha value is -4.98. The fourth-order valence-corrected chi connectivity index (χ4v) is 7.44. The Morgan fingerprint density at radius 3 is 2.54 bits per heavy atom. The van der Waals surface area contributed by atoms with Crippen molar-refractivity contribution < 1.29 is 14.3 Å². The van der Waals surface area contributed by atoms with Crippen molar-refractivity contribution in [3.8, 4) is 6.07 Å². The zero-order valence-corrected chi connectivity index (χ0v) is 26.6. The summed E-state index contributed by atoms with van der Waals surface area (Å²) in [6.07, 6.45) is 4.82. The monoisotopic (exact) mass is 618 g/mol. The number of rotatable bonds is 6. The molecule has 0 N–H and O–H groups in total. The molecule has 0 radical (unpaired) electrons. The van der Waals surface area contributed by atoms with Crippen LogP contribution >= 0.6 is 0 Å². The number of aryl methyl sites for hydroxylation is 1. The van der Waals surface area contributed by atoms with Gasteiger partial charge >= 0.3 is 5.97 Å². The first-order valence-corrected chi connectivity index (χ1v) is 16.0. The standard InChI is InChI=1S/C35H38N8O3/c1-4-46-33(45)29-25(19-36)10-11-28(37-29)41-16-13-35(22-41)14-17-42(23-35)32(44)30-38-31-24(2)18-27(20-43(31)39-30)40-15-12-34(3,21-40)26-8-6-5-7-9-26/h5-11,18,20H,4,12-17,21-23H2,1-3H3/t34-,35?/m0/s1. The van der Waals surface area contributed by atoms with Crippen molar-refractivity contribution in [2.24, 2.45) is 5.41 Å². The van der Waals surface area contributed by atoms with Crippen molar-refractivity contribution in [1.29, 1.82) is 5.26 Å². The van der Waals surface area contributed by atoms with Crippen molar-refractivity contribution in [1.82, 2.24) is 24.5 Å². The van der Waals surface area contributed by atoms with Gasteiger partial charge in [0.25, 0.3) is 5.91 Å². The third-order valence-electron chi connectivity index (χ3n) is 10.1. The Bertz CT molecular complexity index is 1870. The van der Waals surface area contributed by atoms with Gasteiger partial charge in [-0.25, -0.2) is 19.3 Å². The van der Waals surface area contributed by atoms with Crippen LogP contribution in [0.15, 0.2) is 54.7 Å². The van der Waals surface area contributed by atoms with E-state index in [-0.39, 0.29) is 40.4 Å². The molecule has 3 saturated heterocycles. The van der Waals surface area contributed by atoms with Gasteiger partial charge in [-0.15, -0.1) is 5.10 Å². The molecule has 1 unspecified atom stereocenters. The molecule has 1 amide bonds. The first-order chi connectivity index (χ1) is 22.2. The number of benzene rings is 1. The summed E-state index contributed by atoms with van der Waals surface area (Å²) in [5.41, 5.74) is 4.35. The van der Waals surface area contributed by atoms with Gasteiger partial charge in [-0.2, -0.15) is 5.26 Å². The van der Waals surface area contributed by atoms with Crippen LogP contribution in [0.1, 0.15) is 70.9 Å². The van der Waals surface area contributed by atoms with Crippen LogP contribution in [0.25, 0.3) is 5.65 Å². The van der Waals surface area contributed by atoms with E-state index < -0.39 is 5.97 Å². The lowest BCUT2D eigenvalue weighted by molar-refractivity contribution is 0.0519. The Labute approximate surface area is 268 Å². The van der Waals surface area contributed by atoms with Crippen LogP contribution in [0, 0.1) is 23.7 Å². The molecule has 3 aromatic heterocycles. The maximum absolute atomic E-state index is 13.7. The second kappa shape index (κ2) is 11.4. The van der Waals surface area contributed by atoms with E-state index in [9.17, 15) is 14.9 Å². The van der Waals surface area contributed by atoms with Gasteiger partial charge in [-0.1, -0.05) is 37.3 Å². The van der Waals surface area contributed by atoms with E-state index in [2.05, 4.69) is 68.2 Å². The van der Waals surface area contributed by atoms with Gasteiger partial charge in [0.05, 0.1) is 24.1 Å². The zero-order valence-electron chi connectivity index (χ0n) is 26.6. The minimum absolute atomic E-state index is 0.0392. The highest BCUT2D eigenvalue weighted by atomic mass is 16.5. The lowest BCUT2D eigenvalue weighted by atomic mass is 9.82. The number of amides is 1. The highest BCUT2D eigenvalue weighted by Gasteiger charge is 2.46. The highest BCUT2D eigenvalue weighted by molar-refractivity contribution is 5.92. The number of likely N-dealkylation sites (tertiary alicyclic amines) is 1. The third kappa shape index (κ3) is 5.21. The maximum atomic E-state index is 13.7. The van der Waals surface area contributed by atoms with E-state index in [1.165, 1.54) is 5.56 Å². The number of nitrogens with zero attached hydrogens (tertiary/aromatic N) is 8. The van der Waals surface area contributed by atoms with Gasteiger partial charge < -0.3 is 19.4 Å². The number of esters is 1. The fraction of sp³-hybridized carbons (Fsp3) is 0.429. The smallest absolute Gasteiger partial charge is 0.358 e. The number of carbonyl (C=O) groups excluding carboxylic acids is 2. The normalized spacial score (nSPS) is 22.6. The van der Waals surface area contributed by atoms with Gasteiger partial charge in [0.15, 0.2) is 11.3 Å². The zero-order chi connectivity index (χ0) is 32.1. The fourth-order valence-electron chi connectivity index (χ4n) is 7.44. The van der Waals surface area contributed by atoms with E-state index >= 15 is 0 Å². The predicted octanol–water partition coefficient (Wildman–Crippen LogP) is 4.39. The first kappa shape index (κ1) is 29.7. The van der Waals surface area contributed by atoms with Gasteiger partial charge in [-0.05, 0) is 62.4 Å². The first-order valence-electron chi connectivity index (χ1n) is 16.0. The molecule has 7 rings (SSSR count). The van der Waals surface area contributed by atoms with E-state index in [4.69, 9.17) is 4.74 Å². The quantitative estimate of drug-likeness (QED) is 0.290. The molecular formula is C35H38N8O3. The second-order valence-corrected chi connectivity index (χ2v) is 13.2. The third-order valence-corrected chi connectivity index (χ3v) is 10.1. The lowest BCUT2D eigenvalue weighted by Gasteiger charge is -2.26. The Balaban J connectivity index is 1.05. The van der Waals surface area contributed by atoms with E-state index in [1.807, 2.05) is 24.1 Å². The average molecular weight is 619 g/mol. The molecule has 11 heteroatoms. The second-order valence-electron chi connectivity index (χ2n) is 13.2. The summed E-state index contributed by atoms with van der Waals surface area (Å²) in [5.74, 6) is 0.106. The number of carbonyl (C=O) groups is 2. The molecule has 3 fully saturated rings. The topological polar surface area (TPSA) is 120 Å². The molecule has 6 heterocycles. The summed E-state index contributed by atoms with van der Waals surface area (Å²) in [7, 11) is 0. The molecule has 2 atom stereocenters. The SMILES string of the molecule is CCOC(=O)c1nc(N2CCC3(CCN(C(=O)c4nc5c(C)cc(N6CC[C@](C)(c7ccccc7)C6)cn5n4)C3)C2)ccc1C#N. The summed E-state index contributed by atoms with van der Waals surface area (Å²) < 4.78 is 6.88. The van der Waals surface area contributed by atoms with Crippen LogP contribution in [0.2, 0.25) is 0 Å². The number of nitriles is 1. The van der Waals surface area contributed by atoms with E-state index in [1.54, 1.807) is 23.6 Å². The summed E-state index contributed by atoms with van der Waals surface area (Å²) in [5, 5.41) is 14.1. The van der Waals surface area contributed by atoms with Crippen LogP contribution in [0.4, 0.5) is 11.5 Å². The number of fused-ring (bicyclic) bond motifs is 1. The lowest BCUT2D eigenvalue weighted by Crippen LogP contribution is -2.34. The molecule has 4 aromatic rings. The Morgan fingerprint density at radius 1 is 0.978 bits per heavy atom. The van der Waals surface area contributed by atoms with Crippen LogP contribution in [0.3, 0.4) is 0 Å². The Kier molecular flexibility index (Phi) is 7.38. The average Bonchev–Trinajstić information content (AvgIpc) is 3.88. The van der Waals surface area contributed by atoms with Crippen molar-refractivity contribution in [2.75, 3.05) is 55.7 Å². The van der Waals surface area contributed by atoms with E-state index in [0.29, 0.717) is 31.1 Å². The molecule has 46 heavy (non-hydrogen) atoms. The van der Waals surface area contributed by atoms with Crippen LogP contribution in [-0.4, -0.2) is 82.2 Å². The summed E-state index contributed by atoms with van der Waals surface area (Å²) in [4.78, 5) is 41.8. The van der Waals surface area contributed by atoms with Crippen molar-refractivity contribution in [2.45, 2.75) is 45.4 Å². The van der Waals surface area contributed by atoms with Crippen LogP contribution in [-0.2, 0) is 10.2 Å². The maximum Gasteiger partial charge on any atom is 0.358 e. The van der Waals surface area contributed by atoms with Crippen LogP contribution < -0.4 is 9.80 Å². The molecular weight excluding hydrogens is 580 g/mol. The summed E-state index contributed by atoms with van der Waals surface area (Å²) in [6, 6.07) is 18.3. The minimum Gasteiger partial charge on any atom is -0.461 e. The number of hydrogen-bond donors (Lipinski definition) is 0. The predicted molar refractivity (Wildman–Crippen MR) is 173 cm³/mol. The van der Waals surface area contributed by atoms with Crippen molar-refractivity contribution in [3.63, 3.8) is 0 Å². The molecule has 11 nitrogen and oxygen atoms in total. The number of aromatic nitrogens is 4. The molecule has 3 aliphatic rings.